The third-order valence-electron chi connectivity index (χ3n) is 17.8. The first-order chi connectivity index (χ1) is 45.0. The molecule has 0 spiro atoms. The quantitative estimate of drug-likeness (QED) is 0.0259. The van der Waals surface area contributed by atoms with Crippen molar-refractivity contribution in [3.8, 4) is 22.5 Å². The van der Waals surface area contributed by atoms with Crippen molar-refractivity contribution in [1.29, 1.82) is 0 Å². The van der Waals surface area contributed by atoms with Crippen LogP contribution in [0, 0.1) is 11.6 Å². The molecular formula is C69H108F5N6O13PS2Si2. The second-order valence-corrected chi connectivity index (χ2v) is 46.3. The molecule has 4 atom stereocenters. The van der Waals surface area contributed by atoms with E-state index in [1.807, 2.05) is 19.9 Å². The number of esters is 2. The van der Waals surface area contributed by atoms with Gasteiger partial charge in [0.05, 0.1) is 80.4 Å². The molecule has 0 saturated carbocycles. The van der Waals surface area contributed by atoms with E-state index in [1.54, 1.807) is 37.5 Å². The standard InChI is InChI=1S/C28H40FN3O5SSi.C27H44FN3O2PS.C12H24O4Si.C2HF3O2/c1-18(2)25-23(15-14-21-16-22(17-24(33)36-21)37-39(8,9)28(3,4)5)26(19-10-12-20(29)13-11-19)31-27(30-25)32(6)38(7,34)35;1-8-11-18-34(19-12-9-2,20-13-10-3)26-24(21(4)5)29-27(31(6)35(7,32)33)30-25(26)22-14-16-23(28)17-15-22;1-12(2,3)17(5,6)16-9-7-10(13)15-11(8-9)14-4;3-2(4,5)1(6)7/h10-15,18,21-22H,16-17H2,1-9H3;14-17,21H,8-13,18-20H2,1-7H3;9,11H,7-8H2,1-6H3;(H,6,7)/q;+1;;/p-1/b15-14+;;;/t21-,22-;;9-,11-;/m1.0./s1. The number of hydrogen-bond donors (Lipinski definition) is 0. The van der Waals surface area contributed by atoms with Gasteiger partial charge in [0.1, 0.15) is 34.7 Å². The van der Waals surface area contributed by atoms with E-state index in [4.69, 9.17) is 42.9 Å². The van der Waals surface area contributed by atoms with Crippen molar-refractivity contribution in [3.63, 3.8) is 0 Å². The van der Waals surface area contributed by atoms with Crippen molar-refractivity contribution in [3.05, 3.63) is 83.2 Å². The third-order valence-corrected chi connectivity index (χ3v) is 34.1. The summed E-state index contributed by atoms with van der Waals surface area (Å²) in [7, 11) is -8.32. The van der Waals surface area contributed by atoms with Crippen LogP contribution in [0.4, 0.5) is 33.8 Å². The minimum atomic E-state index is -5.19. The summed E-state index contributed by atoms with van der Waals surface area (Å²) in [5, 5.41) is 10.2. The van der Waals surface area contributed by atoms with Crippen molar-refractivity contribution >= 4 is 85.1 Å². The summed E-state index contributed by atoms with van der Waals surface area (Å²) < 4.78 is 139. The number of sulfonamides is 2. The molecule has 2 fully saturated rings. The van der Waals surface area contributed by atoms with E-state index >= 15 is 0 Å². The highest BCUT2D eigenvalue weighted by atomic mass is 32.2. The number of benzene rings is 2. The molecule has 29 heteroatoms. The number of anilines is 2. The van der Waals surface area contributed by atoms with Gasteiger partial charge in [-0.05, 0) is 122 Å². The average Bonchev–Trinajstić information content (AvgIpc) is 0.749. The predicted molar refractivity (Wildman–Crippen MR) is 385 cm³/mol. The van der Waals surface area contributed by atoms with Crippen molar-refractivity contribution in [2.45, 2.75) is 233 Å². The highest BCUT2D eigenvalue weighted by Gasteiger charge is 2.46. The lowest BCUT2D eigenvalue weighted by molar-refractivity contribution is -0.344. The van der Waals surface area contributed by atoms with Crippen LogP contribution < -0.4 is 19.0 Å². The topological polar surface area (TPSA) is 247 Å². The molecule has 2 aromatic heterocycles. The lowest BCUT2D eigenvalue weighted by Gasteiger charge is -2.40. The van der Waals surface area contributed by atoms with E-state index in [0.717, 1.165) is 95.1 Å². The fraction of sp³-hybridized carbons (Fsp3) is 0.638. The highest BCUT2D eigenvalue weighted by molar-refractivity contribution is 7.92. The first kappa shape index (κ1) is 86.9. The van der Waals surface area contributed by atoms with Gasteiger partial charge in [0.25, 0.3) is 0 Å². The molecule has 4 aromatic rings. The Morgan fingerprint density at radius 1 is 0.653 bits per heavy atom. The first-order valence-electron chi connectivity index (χ1n) is 33.3. The number of nitrogens with zero attached hydrogens (tertiary/aromatic N) is 6. The zero-order chi connectivity index (χ0) is 74.9. The molecule has 0 unspecified atom stereocenters. The Balaban J connectivity index is 0.000000386. The predicted octanol–water partition coefficient (Wildman–Crippen LogP) is 14.7. The number of carboxylic acid groups (broad SMARTS) is 1. The van der Waals surface area contributed by atoms with Gasteiger partial charge in [-0.2, -0.15) is 13.2 Å². The zero-order valence-electron chi connectivity index (χ0n) is 61.6. The summed E-state index contributed by atoms with van der Waals surface area (Å²) in [6, 6.07) is 12.3. The normalized spacial score (nSPS) is 17.4. The van der Waals surface area contributed by atoms with E-state index in [-0.39, 0.29) is 70.2 Å². The van der Waals surface area contributed by atoms with Gasteiger partial charge in [0.15, 0.2) is 16.6 Å². The number of ether oxygens (including phenoxy) is 3. The molecule has 19 nitrogen and oxygen atoms in total. The number of cyclic esters (lactones) is 2. The molecule has 2 aliphatic heterocycles. The number of halogens is 5. The number of aromatic nitrogens is 4. The van der Waals surface area contributed by atoms with Gasteiger partial charge in [-0.15, -0.1) is 0 Å². The third kappa shape index (κ3) is 25.6. The summed E-state index contributed by atoms with van der Waals surface area (Å²) in [4.78, 5) is 51.7. The fourth-order valence-electron chi connectivity index (χ4n) is 10.0. The van der Waals surface area contributed by atoms with Gasteiger partial charge in [-0.1, -0.05) is 115 Å². The van der Waals surface area contributed by atoms with Crippen LogP contribution in [0.1, 0.15) is 183 Å². The molecule has 6 rings (SSSR count). The van der Waals surface area contributed by atoms with Crippen LogP contribution in [-0.4, -0.2) is 154 Å². The fourth-order valence-corrected chi connectivity index (χ4v) is 19.0. The Morgan fingerprint density at radius 2 is 1.02 bits per heavy atom. The van der Waals surface area contributed by atoms with E-state index in [9.17, 15) is 48.4 Å². The average molecular weight is 1480 g/mol. The van der Waals surface area contributed by atoms with Gasteiger partial charge in [0, 0.05) is 50.7 Å². The summed E-state index contributed by atoms with van der Waals surface area (Å²) in [6.07, 6.45) is 11.3. The highest BCUT2D eigenvalue weighted by Crippen LogP contribution is 2.62. The Bertz CT molecular complexity index is 3520. The van der Waals surface area contributed by atoms with Crippen molar-refractivity contribution in [2.24, 2.45) is 0 Å². The second kappa shape index (κ2) is 36.5. The molecule has 2 saturated heterocycles. The van der Waals surface area contributed by atoms with Crippen LogP contribution in [-0.2, 0) is 57.5 Å². The molecule has 0 bridgehead atoms. The lowest BCUT2D eigenvalue weighted by atomic mass is 9.97. The van der Waals surface area contributed by atoms with Crippen LogP contribution in [0.15, 0.2) is 54.6 Å². The number of methoxy groups -OCH3 is 1. The number of alkyl halides is 3. The Hall–Kier alpha value is -5.36. The van der Waals surface area contributed by atoms with E-state index in [1.165, 1.54) is 43.7 Å². The van der Waals surface area contributed by atoms with Gasteiger partial charge in [-0.25, -0.2) is 54.2 Å². The molecule has 2 aliphatic rings. The van der Waals surface area contributed by atoms with Crippen LogP contribution in [0.25, 0.3) is 28.6 Å². The number of aliphatic carboxylic acids is 1. The molecule has 2 aromatic carbocycles. The van der Waals surface area contributed by atoms with Crippen molar-refractivity contribution < 1.29 is 81.3 Å². The summed E-state index contributed by atoms with van der Waals surface area (Å²) in [6.45, 7) is 36.6. The molecule has 4 heterocycles. The number of carboxylic acids is 1. The molecule has 0 aliphatic carbocycles. The molecule has 0 N–H and O–H groups in total. The minimum absolute atomic E-state index is 0.00806. The smallest absolute Gasteiger partial charge is 0.430 e. The van der Waals surface area contributed by atoms with Crippen LogP contribution in [0.5, 0.6) is 0 Å². The van der Waals surface area contributed by atoms with Crippen LogP contribution in [0.3, 0.4) is 0 Å². The van der Waals surface area contributed by atoms with Gasteiger partial charge in [-0.3, -0.25) is 9.59 Å². The first-order valence-corrected chi connectivity index (χ1v) is 45.2. The number of hydrogen-bond acceptors (Lipinski definition) is 17. The number of carbonyl (C=O) groups excluding carboxylic acids is 3. The van der Waals surface area contributed by atoms with E-state index in [0.29, 0.717) is 41.8 Å². The largest absolute Gasteiger partial charge is 0.542 e. The van der Waals surface area contributed by atoms with E-state index < -0.39 is 74.3 Å². The minimum Gasteiger partial charge on any atom is -0.542 e. The van der Waals surface area contributed by atoms with Gasteiger partial charge < -0.3 is 33.0 Å². The maximum Gasteiger partial charge on any atom is 0.430 e. The Labute approximate surface area is 582 Å². The molecule has 552 valence electrons. The maximum atomic E-state index is 13.9. The Morgan fingerprint density at radius 3 is 1.38 bits per heavy atom. The van der Waals surface area contributed by atoms with Crippen LogP contribution in [0.2, 0.25) is 36.3 Å². The molecule has 98 heavy (non-hydrogen) atoms. The van der Waals surface area contributed by atoms with Crippen molar-refractivity contribution in [1.82, 2.24) is 19.9 Å². The van der Waals surface area contributed by atoms with Gasteiger partial charge in [0.2, 0.25) is 38.2 Å². The monoisotopic (exact) mass is 1470 g/mol. The second-order valence-electron chi connectivity index (χ2n) is 28.6. The van der Waals surface area contributed by atoms with E-state index in [2.05, 4.69) is 112 Å². The molecule has 0 radical (unpaired) electrons. The molecule has 0 amide bonds. The summed E-state index contributed by atoms with van der Waals surface area (Å²) in [5.41, 5.74) is 4.86. The Kier molecular flexibility index (Phi) is 32.3. The van der Waals surface area contributed by atoms with Crippen molar-refractivity contribution in [2.75, 3.05) is 60.8 Å². The SMILES string of the molecule is CC(C)c1nc(N(C)S(C)(=O)=O)nc(-c2ccc(F)cc2)c1/C=C/[C@@H]1C[C@@H](O[Si](C)(C)C(C)(C)C)CC(=O)O1.CCCC[P+](CCCC)(CCCC)c1c(-c2ccc(F)cc2)nc(N(C)S(C)(=O)=O)nc1C(C)C.CO[C@@H]1C[C@@H](O[Si](C)(C)C(C)(C)C)CC(=O)O1.O=C([O-])C(F)(F)F. The summed E-state index contributed by atoms with van der Waals surface area (Å²) in [5.74, 6) is -4.05. The zero-order valence-corrected chi connectivity index (χ0v) is 66.1. The lowest BCUT2D eigenvalue weighted by Crippen LogP contribution is -2.47. The van der Waals surface area contributed by atoms with Gasteiger partial charge >= 0.3 is 18.1 Å². The number of carbonyl (C=O) groups is 3. The number of rotatable bonds is 25. The van der Waals surface area contributed by atoms with Crippen LogP contribution >= 0.6 is 7.26 Å². The number of unbranched alkanes of at least 4 members (excludes halogenated alkanes) is 3. The molecular weight excluding hydrogens is 1370 g/mol. The maximum absolute atomic E-state index is 13.9. The summed E-state index contributed by atoms with van der Waals surface area (Å²) >= 11 is 0.